The van der Waals surface area contributed by atoms with Crippen LogP contribution in [0.2, 0.25) is 0 Å². The van der Waals surface area contributed by atoms with Gasteiger partial charge in [0.05, 0.1) is 0 Å². The molecule has 1 aliphatic rings. The Morgan fingerprint density at radius 2 is 1.61 bits per heavy atom. The largest absolute Gasteiger partial charge is 0.480 e. The van der Waals surface area contributed by atoms with Gasteiger partial charge in [0.25, 0.3) is 11.8 Å². The van der Waals surface area contributed by atoms with Crippen molar-refractivity contribution in [3.63, 3.8) is 0 Å². The van der Waals surface area contributed by atoms with Gasteiger partial charge >= 0.3 is 5.97 Å². The van der Waals surface area contributed by atoms with E-state index < -0.39 is 23.8 Å². The van der Waals surface area contributed by atoms with E-state index in [0.29, 0.717) is 17.1 Å². The summed E-state index contributed by atoms with van der Waals surface area (Å²) in [5.41, 5.74) is 1.69. The molecule has 0 aliphatic carbocycles. The SMILES string of the molecule is O=C(NC[C@H](NC(=O)c1ccccc1)C(=O)O)c1ccc(N2CCCCC2Nc2ncccn2)cc1. The molecular weight excluding hydrogens is 460 g/mol. The number of anilines is 2. The third kappa shape index (κ3) is 6.35. The van der Waals surface area contributed by atoms with Crippen LogP contribution in [0, 0.1) is 0 Å². The number of piperidine rings is 1. The van der Waals surface area contributed by atoms with Gasteiger partial charge in [-0.05, 0) is 61.7 Å². The summed E-state index contributed by atoms with van der Waals surface area (Å²) in [6, 6.07) is 16.0. The standard InChI is InChI=1S/C26H28N6O4/c33-23(29-17-21(25(35)36)30-24(34)18-7-2-1-3-8-18)19-10-12-20(13-11-19)32-16-5-4-9-22(32)31-26-27-14-6-15-28-26/h1-3,6-8,10-15,21-22H,4-5,9,16-17H2,(H,29,33)(H,30,34)(H,35,36)(H,27,28,31)/t21-,22?/m0/s1. The number of carboxylic acids is 1. The quantitative estimate of drug-likeness (QED) is 0.361. The molecule has 1 fully saturated rings. The van der Waals surface area contributed by atoms with Gasteiger partial charge in [-0.1, -0.05) is 18.2 Å². The zero-order valence-electron chi connectivity index (χ0n) is 19.6. The molecule has 4 rings (SSSR count). The number of hydrogen-bond donors (Lipinski definition) is 4. The van der Waals surface area contributed by atoms with Crippen molar-refractivity contribution in [3.05, 3.63) is 84.2 Å². The molecule has 1 aliphatic heterocycles. The van der Waals surface area contributed by atoms with Crippen LogP contribution in [0.3, 0.4) is 0 Å². The molecule has 2 amide bonds. The highest BCUT2D eigenvalue weighted by atomic mass is 16.4. The lowest BCUT2D eigenvalue weighted by Crippen LogP contribution is -2.48. The van der Waals surface area contributed by atoms with E-state index in [1.54, 1.807) is 60.9 Å². The molecule has 1 unspecified atom stereocenters. The second kappa shape index (κ2) is 11.8. The van der Waals surface area contributed by atoms with E-state index in [-0.39, 0.29) is 12.7 Å². The van der Waals surface area contributed by atoms with Crippen LogP contribution in [-0.4, -0.2) is 58.2 Å². The van der Waals surface area contributed by atoms with Crippen LogP contribution in [0.1, 0.15) is 40.0 Å². The van der Waals surface area contributed by atoms with Gasteiger partial charge in [0.15, 0.2) is 0 Å². The van der Waals surface area contributed by atoms with E-state index >= 15 is 0 Å². The molecule has 186 valence electrons. The van der Waals surface area contributed by atoms with E-state index in [1.807, 2.05) is 12.1 Å². The first kappa shape index (κ1) is 24.6. The highest BCUT2D eigenvalue weighted by molar-refractivity contribution is 5.97. The Bertz CT molecular complexity index is 1170. The number of aliphatic carboxylic acids is 1. The van der Waals surface area contributed by atoms with Crippen molar-refractivity contribution < 1.29 is 19.5 Å². The second-order valence-electron chi connectivity index (χ2n) is 8.41. The molecule has 4 N–H and O–H groups in total. The minimum Gasteiger partial charge on any atom is -0.480 e. The third-order valence-corrected chi connectivity index (χ3v) is 5.93. The molecule has 0 radical (unpaired) electrons. The number of hydrogen-bond acceptors (Lipinski definition) is 7. The molecule has 2 atom stereocenters. The molecule has 2 heterocycles. The normalized spacial score (nSPS) is 16.0. The molecule has 0 bridgehead atoms. The summed E-state index contributed by atoms with van der Waals surface area (Å²) in [5.74, 6) is -1.61. The number of benzene rings is 2. The minimum absolute atomic E-state index is 0.0328. The lowest BCUT2D eigenvalue weighted by Gasteiger charge is -2.38. The molecule has 3 aromatic rings. The summed E-state index contributed by atoms with van der Waals surface area (Å²) in [7, 11) is 0. The predicted molar refractivity (Wildman–Crippen MR) is 135 cm³/mol. The van der Waals surface area contributed by atoms with Crippen molar-refractivity contribution in [2.45, 2.75) is 31.5 Å². The summed E-state index contributed by atoms with van der Waals surface area (Å²) in [6.45, 7) is 0.612. The molecule has 10 heteroatoms. The molecule has 1 saturated heterocycles. The average Bonchev–Trinajstić information content (AvgIpc) is 2.92. The number of aromatic nitrogens is 2. The number of carboxylic acid groups (broad SMARTS) is 1. The third-order valence-electron chi connectivity index (χ3n) is 5.93. The maximum atomic E-state index is 12.7. The molecule has 0 spiro atoms. The highest BCUT2D eigenvalue weighted by Gasteiger charge is 2.24. The second-order valence-corrected chi connectivity index (χ2v) is 8.41. The molecule has 10 nitrogen and oxygen atoms in total. The van der Waals surface area contributed by atoms with E-state index in [4.69, 9.17) is 0 Å². The number of carbonyl (C=O) groups is 3. The highest BCUT2D eigenvalue weighted by Crippen LogP contribution is 2.25. The Morgan fingerprint density at radius 1 is 0.917 bits per heavy atom. The van der Waals surface area contributed by atoms with Crippen LogP contribution in [0.25, 0.3) is 0 Å². The summed E-state index contributed by atoms with van der Waals surface area (Å²) in [4.78, 5) is 47.3. The zero-order chi connectivity index (χ0) is 25.3. The van der Waals surface area contributed by atoms with Crippen molar-refractivity contribution in [3.8, 4) is 0 Å². The van der Waals surface area contributed by atoms with Crippen molar-refractivity contribution in [1.82, 2.24) is 20.6 Å². The van der Waals surface area contributed by atoms with Crippen molar-refractivity contribution in [2.75, 3.05) is 23.3 Å². The first-order valence-electron chi connectivity index (χ1n) is 11.8. The predicted octanol–water partition coefficient (Wildman–Crippen LogP) is 2.52. The summed E-state index contributed by atoms with van der Waals surface area (Å²) >= 11 is 0. The van der Waals surface area contributed by atoms with Crippen LogP contribution in [0.4, 0.5) is 11.6 Å². The van der Waals surface area contributed by atoms with Crippen LogP contribution in [-0.2, 0) is 4.79 Å². The Morgan fingerprint density at radius 3 is 2.31 bits per heavy atom. The van der Waals surface area contributed by atoms with Crippen molar-refractivity contribution >= 4 is 29.4 Å². The van der Waals surface area contributed by atoms with Gasteiger partial charge < -0.3 is 26.0 Å². The van der Waals surface area contributed by atoms with Gasteiger partial charge in [-0.2, -0.15) is 0 Å². The molecular formula is C26H28N6O4. The average molecular weight is 489 g/mol. The Labute approximate surface area is 208 Å². The summed E-state index contributed by atoms with van der Waals surface area (Å²) < 4.78 is 0. The summed E-state index contributed by atoms with van der Waals surface area (Å²) in [5, 5.41) is 17.9. The Kier molecular flexibility index (Phi) is 8.07. The maximum Gasteiger partial charge on any atom is 0.328 e. The van der Waals surface area contributed by atoms with Gasteiger partial charge in [-0.3, -0.25) is 9.59 Å². The van der Waals surface area contributed by atoms with E-state index in [9.17, 15) is 19.5 Å². The van der Waals surface area contributed by atoms with Crippen molar-refractivity contribution in [2.24, 2.45) is 0 Å². The Hall–Kier alpha value is -4.47. The molecule has 0 saturated carbocycles. The first-order valence-corrected chi connectivity index (χ1v) is 11.8. The first-order chi connectivity index (χ1) is 17.5. The fraction of sp³-hybridized carbons (Fsp3) is 0.269. The van der Waals surface area contributed by atoms with Gasteiger partial charge in [0, 0.05) is 42.3 Å². The fourth-order valence-electron chi connectivity index (χ4n) is 4.05. The van der Waals surface area contributed by atoms with Crippen molar-refractivity contribution in [1.29, 1.82) is 0 Å². The van der Waals surface area contributed by atoms with E-state index in [0.717, 1.165) is 31.5 Å². The topological polar surface area (TPSA) is 137 Å². The summed E-state index contributed by atoms with van der Waals surface area (Å²) in [6.07, 6.45) is 6.50. The monoisotopic (exact) mass is 488 g/mol. The van der Waals surface area contributed by atoms with E-state index in [2.05, 4.69) is 30.8 Å². The smallest absolute Gasteiger partial charge is 0.328 e. The zero-order valence-corrected chi connectivity index (χ0v) is 19.6. The van der Waals surface area contributed by atoms with Gasteiger partial charge in [0.1, 0.15) is 12.2 Å². The number of nitrogens with one attached hydrogen (secondary N) is 3. The van der Waals surface area contributed by atoms with E-state index in [1.165, 1.54) is 0 Å². The molecule has 1 aromatic heterocycles. The lowest BCUT2D eigenvalue weighted by atomic mass is 10.1. The van der Waals surface area contributed by atoms with Gasteiger partial charge in [0.2, 0.25) is 5.95 Å². The minimum atomic E-state index is -1.26. The van der Waals surface area contributed by atoms with Crippen LogP contribution in [0.15, 0.2) is 73.1 Å². The van der Waals surface area contributed by atoms with Crippen LogP contribution < -0.4 is 20.9 Å². The van der Waals surface area contributed by atoms with Gasteiger partial charge in [-0.15, -0.1) is 0 Å². The number of rotatable bonds is 9. The van der Waals surface area contributed by atoms with Crippen LogP contribution in [0.5, 0.6) is 0 Å². The molecule has 36 heavy (non-hydrogen) atoms. The Balaban J connectivity index is 1.36. The van der Waals surface area contributed by atoms with Crippen LogP contribution >= 0.6 is 0 Å². The van der Waals surface area contributed by atoms with Gasteiger partial charge in [-0.25, -0.2) is 14.8 Å². The maximum absolute atomic E-state index is 12.7. The lowest BCUT2D eigenvalue weighted by molar-refractivity contribution is -0.139. The number of carbonyl (C=O) groups excluding carboxylic acids is 2. The number of amides is 2. The molecule has 2 aromatic carbocycles. The fourth-order valence-corrected chi connectivity index (χ4v) is 4.05. The number of nitrogens with zero attached hydrogens (tertiary/aromatic N) is 3.